The lowest BCUT2D eigenvalue weighted by molar-refractivity contribution is -0.00441. The van der Waals surface area contributed by atoms with Crippen LogP contribution in [0.1, 0.15) is 86.5 Å². The van der Waals surface area contributed by atoms with Gasteiger partial charge in [0, 0.05) is 6.04 Å². The van der Waals surface area contributed by atoms with Gasteiger partial charge in [0.15, 0.2) is 0 Å². The van der Waals surface area contributed by atoms with Crippen LogP contribution in [0.3, 0.4) is 0 Å². The second-order valence-corrected chi connectivity index (χ2v) is 11.2. The van der Waals surface area contributed by atoms with E-state index in [1.807, 2.05) is 43.9 Å². The zero-order chi connectivity index (χ0) is 23.5. The van der Waals surface area contributed by atoms with E-state index in [1.165, 1.54) is 0 Å². The second-order valence-electron chi connectivity index (χ2n) is 11.2. The number of likely N-dealkylation sites (tertiary alicyclic amines) is 1. The molecule has 1 N–H and O–H groups in total. The number of ether oxygens (including phenoxy) is 1. The normalized spacial score (nSPS) is 25.4. The van der Waals surface area contributed by atoms with Crippen molar-refractivity contribution in [2.45, 2.75) is 104 Å². The molecule has 2 saturated heterocycles. The average molecular weight is 441 g/mol. The third kappa shape index (κ3) is 4.27. The maximum Gasteiger partial charge on any atom is 0.494 e. The first-order valence-corrected chi connectivity index (χ1v) is 11.6. The lowest BCUT2D eigenvalue weighted by atomic mass is 9.79. The summed E-state index contributed by atoms with van der Waals surface area (Å²) in [5.74, 6) is 0.795. The molecule has 2 aliphatic heterocycles. The molecule has 7 nitrogen and oxygen atoms in total. The summed E-state index contributed by atoms with van der Waals surface area (Å²) in [6.45, 7) is 16.0. The first kappa shape index (κ1) is 23.1. The molecule has 1 unspecified atom stereocenters. The molecule has 3 heterocycles. The number of carbonyl (C=O) groups is 1. The minimum absolute atomic E-state index is 0.0946. The number of aromatic amines is 1. The smallest absolute Gasteiger partial charge is 0.444 e. The molecule has 0 bridgehead atoms. The fraction of sp³-hybridized carbons (Fsp3) is 0.667. The maximum absolute atomic E-state index is 13.0. The molecule has 2 fully saturated rings. The zero-order valence-corrected chi connectivity index (χ0v) is 20.6. The van der Waals surface area contributed by atoms with E-state index in [1.54, 1.807) is 0 Å². The summed E-state index contributed by atoms with van der Waals surface area (Å²) < 4.78 is 18.1. The number of aromatic nitrogens is 2. The van der Waals surface area contributed by atoms with Crippen molar-refractivity contribution in [3.8, 4) is 0 Å². The fourth-order valence-electron chi connectivity index (χ4n) is 4.41. The molecule has 4 rings (SSSR count). The van der Waals surface area contributed by atoms with Crippen LogP contribution in [-0.2, 0) is 14.0 Å². The first-order valence-electron chi connectivity index (χ1n) is 11.6. The van der Waals surface area contributed by atoms with Crippen molar-refractivity contribution in [1.82, 2.24) is 14.9 Å². The number of hydrogen-bond acceptors (Lipinski definition) is 5. The number of piperidine rings is 1. The quantitative estimate of drug-likeness (QED) is 0.683. The van der Waals surface area contributed by atoms with Crippen molar-refractivity contribution in [3.05, 3.63) is 24.0 Å². The van der Waals surface area contributed by atoms with Gasteiger partial charge in [0.1, 0.15) is 11.4 Å². The van der Waals surface area contributed by atoms with Crippen LogP contribution in [0.4, 0.5) is 4.79 Å². The van der Waals surface area contributed by atoms with E-state index >= 15 is 0 Å². The van der Waals surface area contributed by atoms with Crippen molar-refractivity contribution in [2.75, 3.05) is 0 Å². The topological polar surface area (TPSA) is 76.7 Å². The van der Waals surface area contributed by atoms with Crippen LogP contribution in [0.25, 0.3) is 11.0 Å². The highest BCUT2D eigenvalue weighted by Gasteiger charge is 2.51. The van der Waals surface area contributed by atoms with Gasteiger partial charge in [-0.3, -0.25) is 4.90 Å². The summed E-state index contributed by atoms with van der Waals surface area (Å²) in [6, 6.07) is 5.99. The lowest BCUT2D eigenvalue weighted by Crippen LogP contribution is -2.46. The molecular weight excluding hydrogens is 405 g/mol. The number of rotatable bonds is 2. The van der Waals surface area contributed by atoms with Crippen molar-refractivity contribution in [2.24, 2.45) is 0 Å². The van der Waals surface area contributed by atoms with Gasteiger partial charge in [0.25, 0.3) is 0 Å². The van der Waals surface area contributed by atoms with E-state index in [9.17, 15) is 4.79 Å². The summed E-state index contributed by atoms with van der Waals surface area (Å²) in [5.41, 5.74) is 1.41. The van der Waals surface area contributed by atoms with Crippen LogP contribution < -0.4 is 5.46 Å². The monoisotopic (exact) mass is 441 g/mol. The van der Waals surface area contributed by atoms with Crippen LogP contribution >= 0.6 is 0 Å². The number of amides is 1. The third-order valence-electron chi connectivity index (χ3n) is 6.88. The molecule has 174 valence electrons. The Balaban J connectivity index is 1.62. The van der Waals surface area contributed by atoms with Gasteiger partial charge in [0.05, 0.1) is 28.3 Å². The summed E-state index contributed by atoms with van der Waals surface area (Å²) >= 11 is 0. The van der Waals surface area contributed by atoms with Gasteiger partial charge < -0.3 is 19.0 Å². The Kier molecular flexibility index (Phi) is 5.61. The largest absolute Gasteiger partial charge is 0.494 e. The molecule has 2 atom stereocenters. The highest BCUT2D eigenvalue weighted by molar-refractivity contribution is 6.62. The molecule has 1 amide bonds. The van der Waals surface area contributed by atoms with E-state index < -0.39 is 23.9 Å². The minimum atomic E-state index is -0.537. The average Bonchev–Trinajstić information content (AvgIpc) is 3.17. The van der Waals surface area contributed by atoms with E-state index in [0.29, 0.717) is 0 Å². The Morgan fingerprint density at radius 1 is 1.19 bits per heavy atom. The van der Waals surface area contributed by atoms with Crippen LogP contribution in [0.5, 0.6) is 0 Å². The van der Waals surface area contributed by atoms with Gasteiger partial charge >= 0.3 is 13.2 Å². The maximum atomic E-state index is 13.0. The number of H-pyrrole nitrogens is 1. The predicted molar refractivity (Wildman–Crippen MR) is 126 cm³/mol. The number of hydrogen-bond donors (Lipinski definition) is 1. The third-order valence-corrected chi connectivity index (χ3v) is 6.88. The summed E-state index contributed by atoms with van der Waals surface area (Å²) in [7, 11) is -0.427. The molecule has 1 aromatic carbocycles. The molecular formula is C24H36BN3O4. The van der Waals surface area contributed by atoms with Crippen LogP contribution in [0.2, 0.25) is 0 Å². The van der Waals surface area contributed by atoms with E-state index in [0.717, 1.165) is 41.6 Å². The van der Waals surface area contributed by atoms with Crippen molar-refractivity contribution >= 4 is 29.7 Å². The van der Waals surface area contributed by atoms with Gasteiger partial charge in [-0.05, 0) is 92.2 Å². The van der Waals surface area contributed by atoms with Crippen LogP contribution in [0, 0.1) is 0 Å². The fourth-order valence-corrected chi connectivity index (χ4v) is 4.41. The number of imidazole rings is 1. The van der Waals surface area contributed by atoms with Gasteiger partial charge in [-0.25, -0.2) is 9.78 Å². The molecule has 8 heteroatoms. The van der Waals surface area contributed by atoms with Gasteiger partial charge in [-0.1, -0.05) is 6.07 Å². The Bertz CT molecular complexity index is 994. The second kappa shape index (κ2) is 7.77. The Morgan fingerprint density at radius 2 is 1.84 bits per heavy atom. The highest BCUT2D eigenvalue weighted by Crippen LogP contribution is 2.37. The number of carbonyl (C=O) groups excluding carboxylic acids is 1. The van der Waals surface area contributed by atoms with Crippen molar-refractivity contribution in [1.29, 1.82) is 0 Å². The summed E-state index contributed by atoms with van der Waals surface area (Å²) in [5, 5.41) is 0. The Hall–Kier alpha value is -2.06. The SMILES string of the molecule is C[C@H]1CCCC(c2nc3ccc(B4OC(C)(C)C(C)(C)O4)cc3[nH]2)N1C(=O)OC(C)(C)C. The first-order chi connectivity index (χ1) is 14.8. The minimum Gasteiger partial charge on any atom is -0.444 e. The van der Waals surface area contributed by atoms with Gasteiger partial charge in [-0.15, -0.1) is 0 Å². The molecule has 1 aromatic heterocycles. The Morgan fingerprint density at radius 3 is 2.47 bits per heavy atom. The van der Waals surface area contributed by atoms with E-state index in [4.69, 9.17) is 19.0 Å². The molecule has 0 saturated carbocycles. The van der Waals surface area contributed by atoms with E-state index in [-0.39, 0.29) is 18.2 Å². The van der Waals surface area contributed by atoms with Gasteiger partial charge in [0.2, 0.25) is 0 Å². The summed E-state index contributed by atoms with van der Waals surface area (Å²) in [4.78, 5) is 23.2. The predicted octanol–water partition coefficient (Wildman–Crippen LogP) is 4.71. The molecule has 0 radical (unpaired) electrons. The number of benzene rings is 1. The van der Waals surface area contributed by atoms with Gasteiger partial charge in [-0.2, -0.15) is 0 Å². The number of nitrogens with zero attached hydrogens (tertiary/aromatic N) is 2. The number of nitrogens with one attached hydrogen (secondary N) is 1. The highest BCUT2D eigenvalue weighted by atomic mass is 16.7. The standard InChI is InChI=1S/C24H36BN3O4/c1-15-10-9-11-19(28(15)21(29)30-22(2,3)4)20-26-17-13-12-16(14-18(17)27-20)25-31-23(5,6)24(7,8)32-25/h12-15,19H,9-11H2,1-8H3,(H,26,27)/t15-,19?/m0/s1. The van der Waals surface area contributed by atoms with Crippen LogP contribution in [-0.4, -0.2) is 50.9 Å². The number of fused-ring (bicyclic) bond motifs is 1. The van der Waals surface area contributed by atoms with Crippen LogP contribution in [0.15, 0.2) is 18.2 Å². The molecule has 32 heavy (non-hydrogen) atoms. The van der Waals surface area contributed by atoms with Crippen molar-refractivity contribution in [3.63, 3.8) is 0 Å². The Labute approximate surface area is 191 Å². The molecule has 2 aliphatic rings. The molecule has 0 spiro atoms. The van der Waals surface area contributed by atoms with E-state index in [2.05, 4.69) is 39.6 Å². The molecule has 2 aromatic rings. The zero-order valence-electron chi connectivity index (χ0n) is 20.6. The summed E-state index contributed by atoms with van der Waals surface area (Å²) in [6.07, 6.45) is 2.57. The van der Waals surface area contributed by atoms with Crippen molar-refractivity contribution < 1.29 is 18.8 Å². The molecule has 0 aliphatic carbocycles. The lowest BCUT2D eigenvalue weighted by Gasteiger charge is -2.40.